The van der Waals surface area contributed by atoms with Gasteiger partial charge in [0.25, 0.3) is 0 Å². The molecule has 0 bridgehead atoms. The van der Waals surface area contributed by atoms with E-state index >= 15 is 0 Å². The van der Waals surface area contributed by atoms with Crippen molar-refractivity contribution in [2.75, 3.05) is 0 Å². The highest BCUT2D eigenvalue weighted by Gasteiger charge is 2.02. The van der Waals surface area contributed by atoms with E-state index in [1.54, 1.807) is 0 Å². The van der Waals surface area contributed by atoms with Crippen LogP contribution in [0.15, 0.2) is 28.4 Å². The standard InChI is InChI=1S/C10H15N/c1-8-4-5-10(3)11-7-6-9(8)2/h5-8H,4H2,1-3H3/b9-6-,10-5+,11-7-. The van der Waals surface area contributed by atoms with Gasteiger partial charge in [-0.1, -0.05) is 18.6 Å². The first kappa shape index (κ1) is 8.25. The fraction of sp³-hybridized carbons (Fsp3) is 0.500. The van der Waals surface area contributed by atoms with Crippen LogP contribution in [0.4, 0.5) is 0 Å². The number of hydrogen-bond donors (Lipinski definition) is 0. The van der Waals surface area contributed by atoms with Crippen LogP contribution in [0.3, 0.4) is 0 Å². The average Bonchev–Trinajstić information content (AvgIpc) is 1.98. The summed E-state index contributed by atoms with van der Waals surface area (Å²) in [6.07, 6.45) is 7.29. The molecule has 1 rings (SSSR count). The van der Waals surface area contributed by atoms with E-state index < -0.39 is 0 Å². The molecule has 0 amide bonds. The average molecular weight is 149 g/mol. The van der Waals surface area contributed by atoms with E-state index in [9.17, 15) is 0 Å². The predicted molar refractivity (Wildman–Crippen MR) is 49.8 cm³/mol. The molecule has 0 saturated heterocycles. The van der Waals surface area contributed by atoms with Gasteiger partial charge < -0.3 is 0 Å². The van der Waals surface area contributed by atoms with E-state index in [1.165, 1.54) is 5.57 Å². The van der Waals surface area contributed by atoms with Crippen LogP contribution in [0, 0.1) is 5.92 Å². The number of aliphatic imine (C=N–C) groups is 1. The van der Waals surface area contributed by atoms with E-state index in [1.807, 2.05) is 13.1 Å². The maximum Gasteiger partial charge on any atom is 0.0333 e. The SMILES string of the molecule is C/C1=C/C=N\C(C)=C\CC1C. The van der Waals surface area contributed by atoms with Crippen LogP contribution >= 0.6 is 0 Å². The van der Waals surface area contributed by atoms with Crippen LogP contribution in [0.1, 0.15) is 27.2 Å². The molecule has 1 heteroatoms. The molecule has 0 aromatic heterocycles. The van der Waals surface area contributed by atoms with Crippen molar-refractivity contribution in [1.29, 1.82) is 0 Å². The first-order chi connectivity index (χ1) is 5.20. The van der Waals surface area contributed by atoms with E-state index in [4.69, 9.17) is 0 Å². The first-order valence-corrected chi connectivity index (χ1v) is 4.08. The molecule has 60 valence electrons. The molecule has 0 spiro atoms. The summed E-state index contributed by atoms with van der Waals surface area (Å²) >= 11 is 0. The third-order valence-electron chi connectivity index (χ3n) is 2.16. The van der Waals surface area contributed by atoms with Gasteiger partial charge in [0.2, 0.25) is 0 Å². The minimum absolute atomic E-state index is 0.664. The molecule has 1 aliphatic rings. The molecule has 0 aromatic carbocycles. The van der Waals surface area contributed by atoms with Crippen molar-refractivity contribution in [1.82, 2.24) is 0 Å². The van der Waals surface area contributed by atoms with Gasteiger partial charge in [-0.05, 0) is 32.3 Å². The molecule has 0 fully saturated rings. The lowest BCUT2D eigenvalue weighted by Gasteiger charge is -2.10. The van der Waals surface area contributed by atoms with Gasteiger partial charge in [0.05, 0.1) is 0 Å². The van der Waals surface area contributed by atoms with Crippen LogP contribution in [0.2, 0.25) is 0 Å². The van der Waals surface area contributed by atoms with Gasteiger partial charge in [-0.15, -0.1) is 0 Å². The molecule has 0 saturated carbocycles. The summed E-state index contributed by atoms with van der Waals surface area (Å²) in [6, 6.07) is 0. The van der Waals surface area contributed by atoms with Crippen LogP contribution < -0.4 is 0 Å². The van der Waals surface area contributed by atoms with Crippen molar-refractivity contribution < 1.29 is 0 Å². The highest BCUT2D eigenvalue weighted by molar-refractivity contribution is 5.73. The van der Waals surface area contributed by atoms with E-state index in [0.29, 0.717) is 5.92 Å². The lowest BCUT2D eigenvalue weighted by atomic mass is 9.98. The van der Waals surface area contributed by atoms with E-state index in [0.717, 1.165) is 12.1 Å². The molecule has 1 nitrogen and oxygen atoms in total. The van der Waals surface area contributed by atoms with Crippen molar-refractivity contribution in [3.05, 3.63) is 23.4 Å². The van der Waals surface area contributed by atoms with Crippen LogP contribution in [-0.2, 0) is 0 Å². The van der Waals surface area contributed by atoms with Gasteiger partial charge in [0.1, 0.15) is 0 Å². The Hall–Kier alpha value is -0.850. The molecule has 0 radical (unpaired) electrons. The molecule has 1 aliphatic heterocycles. The largest absolute Gasteiger partial charge is 0.262 e. The number of nitrogens with zero attached hydrogens (tertiary/aromatic N) is 1. The monoisotopic (exact) mass is 149 g/mol. The minimum atomic E-state index is 0.664. The summed E-state index contributed by atoms with van der Waals surface area (Å²) < 4.78 is 0. The molecule has 1 unspecified atom stereocenters. The second-order valence-corrected chi connectivity index (χ2v) is 3.17. The van der Waals surface area contributed by atoms with Crippen LogP contribution in [0.5, 0.6) is 0 Å². The second-order valence-electron chi connectivity index (χ2n) is 3.17. The Morgan fingerprint density at radius 1 is 1.45 bits per heavy atom. The normalized spacial score (nSPS) is 37.5. The number of allylic oxidation sites excluding steroid dienone is 4. The fourth-order valence-electron chi connectivity index (χ4n) is 1.02. The van der Waals surface area contributed by atoms with Gasteiger partial charge in [-0.2, -0.15) is 0 Å². The zero-order valence-electron chi connectivity index (χ0n) is 7.46. The van der Waals surface area contributed by atoms with Crippen molar-refractivity contribution in [2.45, 2.75) is 27.2 Å². The fourth-order valence-corrected chi connectivity index (χ4v) is 1.02. The van der Waals surface area contributed by atoms with Crippen molar-refractivity contribution in [3.8, 4) is 0 Å². The molecule has 0 N–H and O–H groups in total. The quantitative estimate of drug-likeness (QED) is 0.502. The van der Waals surface area contributed by atoms with Crippen molar-refractivity contribution in [2.24, 2.45) is 10.9 Å². The topological polar surface area (TPSA) is 12.4 Å². The minimum Gasteiger partial charge on any atom is -0.262 e. The van der Waals surface area contributed by atoms with Crippen molar-refractivity contribution in [3.63, 3.8) is 0 Å². The predicted octanol–water partition coefficient (Wildman–Crippen LogP) is 2.95. The Morgan fingerprint density at radius 2 is 2.18 bits per heavy atom. The lowest BCUT2D eigenvalue weighted by Crippen LogP contribution is -1.96. The Bertz CT molecular complexity index is 221. The third-order valence-corrected chi connectivity index (χ3v) is 2.16. The molecular formula is C10H15N. The Kier molecular flexibility index (Phi) is 2.64. The second kappa shape index (κ2) is 3.51. The first-order valence-electron chi connectivity index (χ1n) is 4.08. The van der Waals surface area contributed by atoms with Crippen LogP contribution in [-0.4, -0.2) is 6.21 Å². The van der Waals surface area contributed by atoms with Gasteiger partial charge in [-0.3, -0.25) is 4.99 Å². The molecule has 1 heterocycles. The smallest absolute Gasteiger partial charge is 0.0333 e. The summed E-state index contributed by atoms with van der Waals surface area (Å²) in [5.41, 5.74) is 2.54. The Morgan fingerprint density at radius 3 is 2.91 bits per heavy atom. The number of rotatable bonds is 0. The number of hydrogen-bond acceptors (Lipinski definition) is 1. The summed E-state index contributed by atoms with van der Waals surface area (Å²) in [5, 5.41) is 0. The molecular weight excluding hydrogens is 134 g/mol. The highest BCUT2D eigenvalue weighted by Crippen LogP contribution is 2.16. The third kappa shape index (κ3) is 2.34. The maximum absolute atomic E-state index is 4.23. The molecule has 11 heavy (non-hydrogen) atoms. The molecule has 0 aliphatic carbocycles. The van der Waals surface area contributed by atoms with Gasteiger partial charge >= 0.3 is 0 Å². The summed E-state index contributed by atoms with van der Waals surface area (Å²) in [7, 11) is 0. The summed E-state index contributed by atoms with van der Waals surface area (Å²) in [6.45, 7) is 6.44. The molecule has 0 aromatic rings. The van der Waals surface area contributed by atoms with Gasteiger partial charge in [0.15, 0.2) is 0 Å². The van der Waals surface area contributed by atoms with Crippen LogP contribution in [0.25, 0.3) is 0 Å². The molecule has 1 atom stereocenters. The zero-order chi connectivity index (χ0) is 8.27. The van der Waals surface area contributed by atoms with Gasteiger partial charge in [0, 0.05) is 11.9 Å². The summed E-state index contributed by atoms with van der Waals surface area (Å²) in [4.78, 5) is 4.23. The van der Waals surface area contributed by atoms with Gasteiger partial charge in [-0.25, -0.2) is 0 Å². The zero-order valence-corrected chi connectivity index (χ0v) is 7.46. The Labute approximate surface area is 68.5 Å². The van der Waals surface area contributed by atoms with E-state index in [-0.39, 0.29) is 0 Å². The van der Waals surface area contributed by atoms with E-state index in [2.05, 4.69) is 31.0 Å². The summed E-state index contributed by atoms with van der Waals surface area (Å²) in [5.74, 6) is 0.664. The lowest BCUT2D eigenvalue weighted by molar-refractivity contribution is 0.691. The van der Waals surface area contributed by atoms with Crippen molar-refractivity contribution >= 4 is 6.21 Å². The highest BCUT2D eigenvalue weighted by atomic mass is 14.7. The Balaban J connectivity index is 2.81. The maximum atomic E-state index is 4.23.